The van der Waals surface area contributed by atoms with Crippen LogP contribution in [0.5, 0.6) is 0 Å². The highest BCUT2D eigenvalue weighted by atomic mass is 16.1. The van der Waals surface area contributed by atoms with Crippen LogP contribution >= 0.6 is 0 Å². The summed E-state index contributed by atoms with van der Waals surface area (Å²) in [6.45, 7) is 2.42. The highest BCUT2D eigenvalue weighted by Crippen LogP contribution is 2.71. The molecule has 0 aromatic carbocycles. The maximum Gasteiger partial charge on any atom is 0.155 e. The molecule has 4 fully saturated rings. The summed E-state index contributed by atoms with van der Waals surface area (Å²) in [4.78, 5) is 11.8. The van der Waals surface area contributed by atoms with E-state index in [9.17, 15) is 10.1 Å². The molecule has 0 aromatic heterocycles. The zero-order valence-corrected chi connectivity index (χ0v) is 13.4. The van der Waals surface area contributed by atoms with Gasteiger partial charge in [-0.2, -0.15) is 5.26 Å². The average Bonchev–Trinajstić information content (AvgIpc) is 3.23. The van der Waals surface area contributed by atoms with Crippen molar-refractivity contribution in [3.63, 3.8) is 0 Å². The molecular formula is C20H25NO. The van der Waals surface area contributed by atoms with Crippen molar-refractivity contribution in [2.75, 3.05) is 0 Å². The lowest BCUT2D eigenvalue weighted by Crippen LogP contribution is -2.47. The van der Waals surface area contributed by atoms with Gasteiger partial charge in [-0.25, -0.2) is 0 Å². The van der Waals surface area contributed by atoms with Gasteiger partial charge in [-0.05, 0) is 85.5 Å². The van der Waals surface area contributed by atoms with Gasteiger partial charge in [0.1, 0.15) is 0 Å². The first-order valence-electron chi connectivity index (χ1n) is 9.27. The van der Waals surface area contributed by atoms with Crippen LogP contribution in [0.2, 0.25) is 0 Å². The quantitative estimate of drug-likeness (QED) is 0.674. The van der Waals surface area contributed by atoms with Crippen molar-refractivity contribution in [1.82, 2.24) is 0 Å². The number of carbonyl (C=O) groups excluding carboxylic acids is 1. The van der Waals surface area contributed by atoms with Crippen molar-refractivity contribution in [3.8, 4) is 6.07 Å². The Bertz CT molecular complexity index is 614. The Morgan fingerprint density at radius 1 is 1.18 bits per heavy atom. The molecule has 0 N–H and O–H groups in total. The van der Waals surface area contributed by atoms with Crippen LogP contribution < -0.4 is 0 Å². The van der Waals surface area contributed by atoms with Crippen LogP contribution in [-0.4, -0.2) is 5.78 Å². The van der Waals surface area contributed by atoms with Crippen LogP contribution in [0, 0.1) is 58.2 Å². The summed E-state index contributed by atoms with van der Waals surface area (Å²) >= 11 is 0. The Balaban J connectivity index is 1.52. The third-order valence-electron chi connectivity index (χ3n) is 8.28. The number of allylic oxidation sites excluding steroid dienone is 1. The summed E-state index contributed by atoms with van der Waals surface area (Å²) in [5.41, 5.74) is 1.83. The van der Waals surface area contributed by atoms with Gasteiger partial charge in [-0.1, -0.05) is 12.5 Å². The lowest BCUT2D eigenvalue weighted by Gasteiger charge is -2.53. The van der Waals surface area contributed by atoms with Gasteiger partial charge in [0.2, 0.25) is 0 Å². The van der Waals surface area contributed by atoms with Crippen molar-refractivity contribution in [3.05, 3.63) is 11.6 Å². The predicted molar refractivity (Wildman–Crippen MR) is 83.6 cm³/mol. The number of nitrogens with zero attached hydrogens (tertiary/aromatic N) is 1. The number of hydrogen-bond donors (Lipinski definition) is 0. The van der Waals surface area contributed by atoms with Gasteiger partial charge in [-0.15, -0.1) is 0 Å². The van der Waals surface area contributed by atoms with E-state index in [1.165, 1.54) is 25.7 Å². The summed E-state index contributed by atoms with van der Waals surface area (Å²) in [7, 11) is 0. The van der Waals surface area contributed by atoms with E-state index in [4.69, 9.17) is 0 Å². The van der Waals surface area contributed by atoms with Crippen LogP contribution in [0.4, 0.5) is 0 Å². The lowest BCUT2D eigenvalue weighted by molar-refractivity contribution is -0.116. The molecule has 0 aromatic rings. The topological polar surface area (TPSA) is 40.9 Å². The maximum absolute atomic E-state index is 11.8. The smallest absolute Gasteiger partial charge is 0.155 e. The van der Waals surface area contributed by atoms with Crippen molar-refractivity contribution in [2.45, 2.75) is 51.9 Å². The minimum atomic E-state index is 0.286. The molecule has 8 atom stereocenters. The van der Waals surface area contributed by atoms with Gasteiger partial charge < -0.3 is 0 Å². The molecule has 0 aliphatic heterocycles. The van der Waals surface area contributed by atoms with Crippen LogP contribution in [0.15, 0.2) is 11.6 Å². The fourth-order valence-electron chi connectivity index (χ4n) is 7.22. The van der Waals surface area contributed by atoms with Crippen LogP contribution in [-0.2, 0) is 4.79 Å². The second-order valence-corrected chi connectivity index (χ2v) is 8.91. The molecule has 116 valence electrons. The largest absolute Gasteiger partial charge is 0.295 e. The van der Waals surface area contributed by atoms with E-state index in [-0.39, 0.29) is 5.41 Å². The molecule has 0 radical (unpaired) electrons. The first-order valence-corrected chi connectivity index (χ1v) is 9.27. The number of carbonyl (C=O) groups is 1. The van der Waals surface area contributed by atoms with Gasteiger partial charge in [0, 0.05) is 6.42 Å². The predicted octanol–water partition coefficient (Wildman–Crippen LogP) is 4.12. The van der Waals surface area contributed by atoms with E-state index < -0.39 is 0 Å². The average molecular weight is 295 g/mol. The second-order valence-electron chi connectivity index (χ2n) is 8.91. The second kappa shape index (κ2) is 4.25. The molecule has 5 aliphatic rings. The molecular weight excluding hydrogens is 270 g/mol. The zero-order valence-electron chi connectivity index (χ0n) is 13.4. The van der Waals surface area contributed by atoms with E-state index in [1.54, 1.807) is 5.57 Å². The molecule has 0 saturated heterocycles. The van der Waals surface area contributed by atoms with E-state index in [0.717, 1.165) is 48.9 Å². The van der Waals surface area contributed by atoms with Gasteiger partial charge in [-0.3, -0.25) is 4.79 Å². The molecule has 2 nitrogen and oxygen atoms in total. The molecule has 2 heteroatoms. The fourth-order valence-corrected chi connectivity index (χ4v) is 7.22. The van der Waals surface area contributed by atoms with Gasteiger partial charge >= 0.3 is 0 Å². The number of ketones is 1. The Morgan fingerprint density at radius 3 is 2.86 bits per heavy atom. The minimum Gasteiger partial charge on any atom is -0.295 e. The summed E-state index contributed by atoms with van der Waals surface area (Å²) < 4.78 is 0. The number of fused-ring (bicyclic) bond motifs is 8. The monoisotopic (exact) mass is 295 g/mol. The van der Waals surface area contributed by atoms with Gasteiger partial charge in [0.25, 0.3) is 0 Å². The van der Waals surface area contributed by atoms with E-state index in [0.29, 0.717) is 17.6 Å². The van der Waals surface area contributed by atoms with Crippen LogP contribution in [0.1, 0.15) is 51.9 Å². The summed E-state index contributed by atoms with van der Waals surface area (Å²) in [5.74, 6) is 5.42. The van der Waals surface area contributed by atoms with Crippen molar-refractivity contribution in [1.29, 1.82) is 5.26 Å². The Kier molecular flexibility index (Phi) is 2.58. The molecule has 22 heavy (non-hydrogen) atoms. The fraction of sp³-hybridized carbons (Fsp3) is 0.800. The molecule has 0 heterocycles. The summed E-state index contributed by atoms with van der Waals surface area (Å²) in [6.07, 6.45) is 10.2. The Labute approximate surface area is 133 Å². The molecule has 5 aliphatic carbocycles. The normalized spacial score (nSPS) is 55.2. The highest BCUT2D eigenvalue weighted by Gasteiger charge is 2.64. The molecule has 0 amide bonds. The Hall–Kier alpha value is -1.10. The molecule has 0 bridgehead atoms. The SMILES string of the molecule is C[C@]12CC[C@H]3[C@@H]([C@H]4CC4C4=CC(=O)CC[C@@H]43)[C@@H]1CC[C@@H]2C#N. The van der Waals surface area contributed by atoms with Gasteiger partial charge in [0.05, 0.1) is 12.0 Å². The standard InChI is InChI=1S/C20H25NO/c1-20-7-6-14-13-4-3-12(22)8-15(13)16-9-17(16)19(14)18(20)5-2-11(20)10-21/h8,11,13-14,16-19H,2-7,9H2,1H3/t11-,13-,14-,16?,17+,18+,19+,20-/m1/s1. The van der Waals surface area contributed by atoms with E-state index >= 15 is 0 Å². The summed E-state index contributed by atoms with van der Waals surface area (Å²) in [5, 5.41) is 9.56. The Morgan fingerprint density at radius 2 is 2.05 bits per heavy atom. The summed E-state index contributed by atoms with van der Waals surface area (Å²) in [6, 6.07) is 2.63. The maximum atomic E-state index is 11.8. The minimum absolute atomic E-state index is 0.286. The lowest BCUT2D eigenvalue weighted by atomic mass is 9.51. The van der Waals surface area contributed by atoms with E-state index in [2.05, 4.69) is 13.0 Å². The molecule has 5 rings (SSSR count). The third kappa shape index (κ3) is 1.53. The zero-order chi connectivity index (χ0) is 15.1. The van der Waals surface area contributed by atoms with Crippen molar-refractivity contribution in [2.24, 2.45) is 46.8 Å². The third-order valence-corrected chi connectivity index (χ3v) is 8.28. The number of hydrogen-bond acceptors (Lipinski definition) is 2. The van der Waals surface area contributed by atoms with Crippen LogP contribution in [0.25, 0.3) is 0 Å². The van der Waals surface area contributed by atoms with Crippen molar-refractivity contribution >= 4 is 5.78 Å². The number of nitriles is 1. The van der Waals surface area contributed by atoms with E-state index in [1.807, 2.05) is 6.08 Å². The first kappa shape index (κ1) is 13.3. The molecule has 1 unspecified atom stereocenters. The highest BCUT2D eigenvalue weighted by molar-refractivity contribution is 5.91. The van der Waals surface area contributed by atoms with Crippen LogP contribution in [0.3, 0.4) is 0 Å². The molecule has 0 spiro atoms. The first-order chi connectivity index (χ1) is 10.6. The number of rotatable bonds is 0. The van der Waals surface area contributed by atoms with Gasteiger partial charge in [0.15, 0.2) is 5.78 Å². The molecule has 4 saturated carbocycles. The van der Waals surface area contributed by atoms with Crippen molar-refractivity contribution < 1.29 is 4.79 Å².